The molecule has 0 bridgehead atoms. The largest absolute Gasteiger partial charge is 0.455 e. The minimum Gasteiger partial charge on any atom is -0.455 e. The molecule has 18 aromatic carbocycles. The van der Waals surface area contributed by atoms with Crippen molar-refractivity contribution >= 4 is 174 Å². The van der Waals surface area contributed by atoms with E-state index >= 15 is 0 Å². The first-order chi connectivity index (χ1) is 58.6. The standard InChI is InChI=1S/2C54H32N4O/c1-2-15-33(16-3-1)34-17-14-18-35(31-34)52-40-23-6-10-25-43(40)55-54(56-52)58-46-28-13-9-24-41(46)51-47(58)30-29-42-50-39-22-5-4-21-38(39)48(32-49(50)59-53(42)51)57-44-26-11-7-19-36(44)37-20-8-12-27-45(37)57;1-2-14-33(15-3-1)34-26-28-35(29-27-34)52-40-20-6-10-22-43(40)55-54(56-52)58-46-25-13-9-21-41(46)51-47(58)31-30-42-50-39-19-5-4-18-38(39)48(32-49(50)59-53(42)51)57-44-23-11-7-16-36(44)37-17-8-12-24-45(37)57/h2*1-32H. The van der Waals surface area contributed by atoms with E-state index in [1.54, 1.807) is 0 Å². The topological polar surface area (TPSA) is 97.6 Å². The van der Waals surface area contributed by atoms with Crippen LogP contribution in [0.4, 0.5) is 0 Å². The lowest BCUT2D eigenvalue weighted by molar-refractivity contribution is 0.672. The fourth-order valence-corrected chi connectivity index (χ4v) is 19.1. The first-order valence-electron chi connectivity index (χ1n) is 40.0. The van der Waals surface area contributed by atoms with Crippen LogP contribution in [-0.4, -0.2) is 38.2 Å². The molecule has 0 saturated carbocycles. The molecular formula is C108H64N8O2. The number of fused-ring (bicyclic) bond motifs is 26. The van der Waals surface area contributed by atoms with E-state index < -0.39 is 0 Å². The zero-order chi connectivity index (χ0) is 77.2. The van der Waals surface area contributed by atoms with Crippen LogP contribution in [0.3, 0.4) is 0 Å². The molecule has 0 saturated heterocycles. The zero-order valence-electron chi connectivity index (χ0n) is 63.3. The smallest absolute Gasteiger partial charge is 0.235 e. The van der Waals surface area contributed by atoms with Crippen molar-refractivity contribution in [2.45, 2.75) is 0 Å². The van der Waals surface area contributed by atoms with Gasteiger partial charge in [-0.2, -0.15) is 0 Å². The van der Waals surface area contributed by atoms with Crippen molar-refractivity contribution in [3.05, 3.63) is 388 Å². The molecule has 0 radical (unpaired) electrons. The Morgan fingerprint density at radius 2 is 0.492 bits per heavy atom. The molecule has 0 aliphatic carbocycles. The van der Waals surface area contributed by atoms with Gasteiger partial charge in [0.15, 0.2) is 0 Å². The molecule has 0 N–H and O–H groups in total. The van der Waals surface area contributed by atoms with Crippen LogP contribution < -0.4 is 0 Å². The molecule has 8 aromatic heterocycles. The summed E-state index contributed by atoms with van der Waals surface area (Å²) >= 11 is 0. The minimum atomic E-state index is 0.615. The van der Waals surface area contributed by atoms with Gasteiger partial charge in [0.25, 0.3) is 0 Å². The molecule has 548 valence electrons. The summed E-state index contributed by atoms with van der Waals surface area (Å²) in [7, 11) is 0. The maximum atomic E-state index is 7.15. The number of benzene rings is 18. The molecule has 26 rings (SSSR count). The third-order valence-electron chi connectivity index (χ3n) is 24.3. The summed E-state index contributed by atoms with van der Waals surface area (Å²) in [6, 6.07) is 137. The number of rotatable bonds is 8. The van der Waals surface area contributed by atoms with Crippen LogP contribution in [0, 0.1) is 0 Å². The highest BCUT2D eigenvalue weighted by Crippen LogP contribution is 2.49. The fraction of sp³-hybridized carbons (Fsp3) is 0. The monoisotopic (exact) mass is 1500 g/mol. The summed E-state index contributed by atoms with van der Waals surface area (Å²) in [5.41, 5.74) is 24.6. The van der Waals surface area contributed by atoms with E-state index in [2.05, 4.69) is 388 Å². The Morgan fingerprint density at radius 3 is 0.924 bits per heavy atom. The lowest BCUT2D eigenvalue weighted by Crippen LogP contribution is -2.03. The number of nitrogens with zero attached hydrogens (tertiary/aromatic N) is 8. The Bertz CT molecular complexity index is 8600. The summed E-state index contributed by atoms with van der Waals surface area (Å²) in [5.74, 6) is 1.23. The van der Waals surface area contributed by atoms with Crippen LogP contribution in [0.2, 0.25) is 0 Å². The van der Waals surface area contributed by atoms with Gasteiger partial charge in [0, 0.05) is 98.7 Å². The van der Waals surface area contributed by atoms with Gasteiger partial charge in [-0.25, -0.2) is 19.9 Å². The molecule has 0 fully saturated rings. The molecule has 0 atom stereocenters. The highest BCUT2D eigenvalue weighted by Gasteiger charge is 2.28. The number of hydrogen-bond donors (Lipinski definition) is 0. The van der Waals surface area contributed by atoms with Crippen LogP contribution in [-0.2, 0) is 0 Å². The normalized spacial score (nSPS) is 12.1. The molecule has 0 aliphatic heterocycles. The molecule has 118 heavy (non-hydrogen) atoms. The van der Waals surface area contributed by atoms with E-state index in [0.29, 0.717) is 11.9 Å². The van der Waals surface area contributed by atoms with Gasteiger partial charge in [-0.3, -0.25) is 9.13 Å². The fourth-order valence-electron chi connectivity index (χ4n) is 19.1. The molecule has 0 aliphatic rings. The van der Waals surface area contributed by atoms with E-state index in [1.165, 1.54) is 71.1 Å². The van der Waals surface area contributed by atoms with Gasteiger partial charge in [0.2, 0.25) is 11.9 Å². The molecule has 26 aromatic rings. The summed E-state index contributed by atoms with van der Waals surface area (Å²) in [5, 5.41) is 20.2. The van der Waals surface area contributed by atoms with Gasteiger partial charge in [-0.15, -0.1) is 0 Å². The van der Waals surface area contributed by atoms with Crippen molar-refractivity contribution in [3.8, 4) is 68.0 Å². The van der Waals surface area contributed by atoms with Crippen molar-refractivity contribution in [3.63, 3.8) is 0 Å². The molecule has 0 amide bonds. The van der Waals surface area contributed by atoms with Gasteiger partial charge in [0.1, 0.15) is 22.3 Å². The average molecular weight is 1510 g/mol. The maximum absolute atomic E-state index is 7.15. The molecule has 0 spiro atoms. The SMILES string of the molecule is c1ccc(-c2ccc(-c3nc(-n4c5ccccc5c5c6oc7cc(-n8c9ccccc9c9ccccc98)c8ccccc8c7c6ccc54)nc4ccccc34)cc2)cc1.c1ccc(-c2cccc(-c3nc(-n4c5ccccc5c5c6oc7cc(-n8c9ccccc9c9ccccc98)c8ccccc8c7c6ccc54)nc4ccccc34)c2)cc1. The van der Waals surface area contributed by atoms with E-state index in [4.69, 9.17) is 28.8 Å². The van der Waals surface area contributed by atoms with Gasteiger partial charge in [-0.05, 0) is 112 Å². The maximum Gasteiger partial charge on any atom is 0.235 e. The van der Waals surface area contributed by atoms with Gasteiger partial charge in [0.05, 0.1) is 88.7 Å². The van der Waals surface area contributed by atoms with Crippen LogP contribution in [0.1, 0.15) is 0 Å². The third-order valence-corrected chi connectivity index (χ3v) is 24.3. The van der Waals surface area contributed by atoms with Crippen molar-refractivity contribution in [1.82, 2.24) is 38.2 Å². The van der Waals surface area contributed by atoms with Crippen LogP contribution >= 0.6 is 0 Å². The average Bonchev–Trinajstić information content (AvgIpc) is 1.55. The van der Waals surface area contributed by atoms with Gasteiger partial charge < -0.3 is 18.0 Å². The number of para-hydroxylation sites is 8. The second-order valence-electron chi connectivity index (χ2n) is 30.6. The highest BCUT2D eigenvalue weighted by atomic mass is 16.3. The van der Waals surface area contributed by atoms with Crippen molar-refractivity contribution in [1.29, 1.82) is 0 Å². The van der Waals surface area contributed by atoms with Crippen molar-refractivity contribution < 1.29 is 8.83 Å². The lowest BCUT2D eigenvalue weighted by Gasteiger charge is -2.12. The van der Waals surface area contributed by atoms with E-state index in [0.717, 1.165) is 160 Å². The molecule has 0 unspecified atom stereocenters. The molecular weight excluding hydrogens is 1440 g/mol. The van der Waals surface area contributed by atoms with Crippen LogP contribution in [0.25, 0.3) is 242 Å². The Labute approximate surface area is 673 Å². The predicted octanol–water partition coefficient (Wildman–Crippen LogP) is 28.4. The molecule has 10 nitrogen and oxygen atoms in total. The van der Waals surface area contributed by atoms with Gasteiger partial charge >= 0.3 is 0 Å². The van der Waals surface area contributed by atoms with E-state index in [9.17, 15) is 0 Å². The van der Waals surface area contributed by atoms with Gasteiger partial charge in [-0.1, -0.05) is 297 Å². The Morgan fingerprint density at radius 1 is 0.178 bits per heavy atom. The first-order valence-corrected chi connectivity index (χ1v) is 40.0. The quantitative estimate of drug-likeness (QED) is 0.150. The molecule has 10 heteroatoms. The van der Waals surface area contributed by atoms with Crippen molar-refractivity contribution in [2.75, 3.05) is 0 Å². The van der Waals surface area contributed by atoms with E-state index in [-0.39, 0.29) is 0 Å². The lowest BCUT2D eigenvalue weighted by atomic mass is 10.00. The number of aromatic nitrogens is 8. The second-order valence-corrected chi connectivity index (χ2v) is 30.6. The third kappa shape index (κ3) is 9.81. The summed E-state index contributed by atoms with van der Waals surface area (Å²) in [6.45, 7) is 0. The highest BCUT2D eigenvalue weighted by molar-refractivity contribution is 6.31. The summed E-state index contributed by atoms with van der Waals surface area (Å²) in [4.78, 5) is 21.3. The van der Waals surface area contributed by atoms with E-state index in [1.807, 2.05) is 18.2 Å². The zero-order valence-corrected chi connectivity index (χ0v) is 63.3. The first kappa shape index (κ1) is 65.5. The molecule has 8 heterocycles. The Kier molecular flexibility index (Phi) is 14.3. The predicted molar refractivity (Wildman–Crippen MR) is 488 cm³/mol. The Hall–Kier alpha value is -16.0. The minimum absolute atomic E-state index is 0.615. The Balaban J connectivity index is 0.000000131. The number of furan rings is 2. The summed E-state index contributed by atoms with van der Waals surface area (Å²) < 4.78 is 23.5. The van der Waals surface area contributed by atoms with Crippen molar-refractivity contribution in [2.24, 2.45) is 0 Å². The van der Waals surface area contributed by atoms with Crippen LogP contribution in [0.5, 0.6) is 0 Å². The number of hydrogen-bond acceptors (Lipinski definition) is 6. The second kappa shape index (κ2) is 25.7. The van der Waals surface area contributed by atoms with Crippen LogP contribution in [0.15, 0.2) is 397 Å². The summed E-state index contributed by atoms with van der Waals surface area (Å²) in [6.07, 6.45) is 0.